The lowest BCUT2D eigenvalue weighted by Gasteiger charge is -2.26. The first-order valence-electron chi connectivity index (χ1n) is 9.44. The van der Waals surface area contributed by atoms with Crippen molar-refractivity contribution in [1.29, 1.82) is 0 Å². The fourth-order valence-electron chi connectivity index (χ4n) is 2.98. The first-order valence-corrected chi connectivity index (χ1v) is 9.44. The third-order valence-electron chi connectivity index (χ3n) is 4.62. The van der Waals surface area contributed by atoms with E-state index in [0.717, 1.165) is 32.8 Å². The zero-order valence-corrected chi connectivity index (χ0v) is 16.0. The maximum atomic E-state index is 12.6. The number of carbonyl (C=O) groups excluding carboxylic acids is 2. The summed E-state index contributed by atoms with van der Waals surface area (Å²) in [6.45, 7) is 6.77. The molecule has 9 heteroatoms. The summed E-state index contributed by atoms with van der Waals surface area (Å²) in [4.78, 5) is 31.2. The normalized spacial score (nSPS) is 15.8. The number of carbonyl (C=O) groups is 2. The summed E-state index contributed by atoms with van der Waals surface area (Å²) in [5, 5.41) is 9.80. The molecule has 3 rings (SSSR count). The number of ether oxygens (including phenoxy) is 1. The lowest BCUT2D eigenvalue weighted by Crippen LogP contribution is -2.41. The van der Waals surface area contributed by atoms with E-state index in [0.29, 0.717) is 24.3 Å². The van der Waals surface area contributed by atoms with E-state index in [2.05, 4.69) is 25.6 Å². The molecule has 0 saturated carbocycles. The molecule has 1 aliphatic rings. The van der Waals surface area contributed by atoms with E-state index in [-0.39, 0.29) is 17.7 Å². The van der Waals surface area contributed by atoms with Crippen LogP contribution in [0.15, 0.2) is 36.9 Å². The second-order valence-electron chi connectivity index (χ2n) is 6.76. The maximum Gasteiger partial charge on any atom is 0.253 e. The van der Waals surface area contributed by atoms with Crippen molar-refractivity contribution in [2.24, 2.45) is 5.92 Å². The predicted molar refractivity (Wildman–Crippen MR) is 104 cm³/mol. The van der Waals surface area contributed by atoms with Gasteiger partial charge in [-0.3, -0.25) is 19.2 Å². The van der Waals surface area contributed by atoms with Crippen LogP contribution < -0.4 is 10.6 Å². The van der Waals surface area contributed by atoms with Gasteiger partial charge in [-0.1, -0.05) is 19.1 Å². The Hall–Kier alpha value is -2.78. The Morgan fingerprint density at radius 3 is 2.79 bits per heavy atom. The van der Waals surface area contributed by atoms with Crippen LogP contribution in [0.4, 0.5) is 5.69 Å². The largest absolute Gasteiger partial charge is 0.379 e. The molecule has 2 heterocycles. The average molecular weight is 386 g/mol. The molecule has 0 aliphatic carbocycles. The van der Waals surface area contributed by atoms with E-state index >= 15 is 0 Å². The predicted octanol–water partition coefficient (Wildman–Crippen LogP) is 0.615. The van der Waals surface area contributed by atoms with Crippen molar-refractivity contribution in [2.45, 2.75) is 13.5 Å². The van der Waals surface area contributed by atoms with Gasteiger partial charge in [0.2, 0.25) is 5.91 Å². The summed E-state index contributed by atoms with van der Waals surface area (Å²) in [6.07, 6.45) is 3.00. The average Bonchev–Trinajstić information content (AvgIpc) is 3.22. The van der Waals surface area contributed by atoms with Gasteiger partial charge in [0.1, 0.15) is 12.7 Å². The van der Waals surface area contributed by atoms with Gasteiger partial charge in [0.15, 0.2) is 0 Å². The zero-order chi connectivity index (χ0) is 19.8. The summed E-state index contributed by atoms with van der Waals surface area (Å²) in [7, 11) is 0. The Morgan fingerprint density at radius 2 is 2.04 bits per heavy atom. The van der Waals surface area contributed by atoms with E-state index in [1.54, 1.807) is 35.3 Å². The number of nitrogens with zero attached hydrogens (tertiary/aromatic N) is 4. The Labute approximate surface area is 164 Å². The number of benzene rings is 1. The second kappa shape index (κ2) is 9.95. The van der Waals surface area contributed by atoms with Gasteiger partial charge in [0.05, 0.1) is 36.9 Å². The summed E-state index contributed by atoms with van der Waals surface area (Å²) in [6, 6.07) is 7.02. The molecule has 0 spiro atoms. The minimum atomic E-state index is -0.320. The molecule has 1 aromatic heterocycles. The van der Waals surface area contributed by atoms with E-state index in [1.165, 1.54) is 6.33 Å². The molecule has 9 nitrogen and oxygen atoms in total. The van der Waals surface area contributed by atoms with Gasteiger partial charge in [-0.15, -0.1) is 0 Å². The van der Waals surface area contributed by atoms with E-state index in [1.807, 2.05) is 6.92 Å². The zero-order valence-electron chi connectivity index (χ0n) is 16.0. The number of anilines is 1. The molecule has 2 N–H and O–H groups in total. The Morgan fingerprint density at radius 1 is 1.25 bits per heavy atom. The molecule has 1 aromatic carbocycles. The van der Waals surface area contributed by atoms with Crippen LogP contribution in [-0.2, 0) is 16.1 Å². The number of rotatable bonds is 8. The van der Waals surface area contributed by atoms with E-state index in [9.17, 15) is 9.59 Å². The molecular weight excluding hydrogens is 360 g/mol. The number of aromatic nitrogens is 3. The summed E-state index contributed by atoms with van der Waals surface area (Å²) >= 11 is 0. The summed E-state index contributed by atoms with van der Waals surface area (Å²) in [5.41, 5.74) is 0.951. The van der Waals surface area contributed by atoms with Crippen LogP contribution in [0.3, 0.4) is 0 Å². The number of hydrogen-bond donors (Lipinski definition) is 2. The Kier molecular flexibility index (Phi) is 7.10. The highest BCUT2D eigenvalue weighted by Crippen LogP contribution is 2.16. The van der Waals surface area contributed by atoms with Gasteiger partial charge >= 0.3 is 0 Å². The minimum absolute atomic E-state index is 0.177. The molecule has 0 bridgehead atoms. The number of hydrogen-bond acceptors (Lipinski definition) is 6. The second-order valence-corrected chi connectivity index (χ2v) is 6.76. The molecule has 1 aliphatic heterocycles. The van der Waals surface area contributed by atoms with Gasteiger partial charge in [-0.2, -0.15) is 5.10 Å². The van der Waals surface area contributed by atoms with Crippen LogP contribution in [0.1, 0.15) is 17.3 Å². The van der Waals surface area contributed by atoms with E-state index < -0.39 is 0 Å². The van der Waals surface area contributed by atoms with Crippen LogP contribution in [0.25, 0.3) is 0 Å². The Bertz CT molecular complexity index is 774. The molecule has 1 fully saturated rings. The SMILES string of the molecule is CC(Cn1cncn1)C(=O)Nc1ccccc1C(=O)NCCN1CCOCC1. The van der Waals surface area contributed by atoms with Gasteiger partial charge in [-0.05, 0) is 12.1 Å². The van der Waals surface area contributed by atoms with Gasteiger partial charge < -0.3 is 15.4 Å². The van der Waals surface area contributed by atoms with Crippen molar-refractivity contribution in [1.82, 2.24) is 25.0 Å². The maximum absolute atomic E-state index is 12.6. The van der Waals surface area contributed by atoms with Crippen LogP contribution >= 0.6 is 0 Å². The number of amides is 2. The standard InChI is InChI=1S/C19H26N6O3/c1-15(12-25-14-20-13-22-25)18(26)23-17-5-3-2-4-16(17)19(27)21-6-7-24-8-10-28-11-9-24/h2-5,13-15H,6-12H2,1H3,(H,21,27)(H,23,26). The van der Waals surface area contributed by atoms with Gasteiger partial charge in [0.25, 0.3) is 5.91 Å². The smallest absolute Gasteiger partial charge is 0.253 e. The molecular formula is C19H26N6O3. The van der Waals surface area contributed by atoms with Gasteiger partial charge in [-0.25, -0.2) is 4.98 Å². The highest BCUT2D eigenvalue weighted by molar-refractivity contribution is 6.04. The highest BCUT2D eigenvalue weighted by Gasteiger charge is 2.18. The minimum Gasteiger partial charge on any atom is -0.379 e. The molecule has 1 unspecified atom stereocenters. The van der Waals surface area contributed by atoms with Crippen LogP contribution in [0.2, 0.25) is 0 Å². The molecule has 2 amide bonds. The van der Waals surface area contributed by atoms with Crippen molar-refractivity contribution in [3.8, 4) is 0 Å². The van der Waals surface area contributed by atoms with E-state index in [4.69, 9.17) is 4.74 Å². The van der Waals surface area contributed by atoms with Crippen LogP contribution in [0, 0.1) is 5.92 Å². The number of para-hydroxylation sites is 1. The van der Waals surface area contributed by atoms with Crippen LogP contribution in [-0.4, -0.2) is 70.9 Å². The Balaban J connectivity index is 1.54. The monoisotopic (exact) mass is 386 g/mol. The van der Waals surface area contributed by atoms with Crippen molar-refractivity contribution in [2.75, 3.05) is 44.7 Å². The molecule has 2 aromatic rings. The topological polar surface area (TPSA) is 101 Å². The molecule has 150 valence electrons. The lowest BCUT2D eigenvalue weighted by molar-refractivity contribution is -0.119. The number of nitrogens with one attached hydrogen (secondary N) is 2. The first kappa shape index (κ1) is 20.0. The van der Waals surface area contributed by atoms with Gasteiger partial charge in [0, 0.05) is 26.2 Å². The van der Waals surface area contributed by atoms with Crippen molar-refractivity contribution >= 4 is 17.5 Å². The first-order chi connectivity index (χ1) is 13.6. The molecule has 0 radical (unpaired) electrons. The van der Waals surface area contributed by atoms with Crippen molar-refractivity contribution < 1.29 is 14.3 Å². The lowest BCUT2D eigenvalue weighted by atomic mass is 10.1. The summed E-state index contributed by atoms with van der Waals surface area (Å²) < 4.78 is 6.93. The van der Waals surface area contributed by atoms with Crippen molar-refractivity contribution in [3.05, 3.63) is 42.5 Å². The fourth-order valence-corrected chi connectivity index (χ4v) is 2.98. The molecule has 28 heavy (non-hydrogen) atoms. The molecule has 1 atom stereocenters. The summed E-state index contributed by atoms with van der Waals surface area (Å²) in [5.74, 6) is -0.698. The van der Waals surface area contributed by atoms with Crippen LogP contribution in [0.5, 0.6) is 0 Å². The van der Waals surface area contributed by atoms with Crippen molar-refractivity contribution in [3.63, 3.8) is 0 Å². The highest BCUT2D eigenvalue weighted by atomic mass is 16.5. The quantitative estimate of drug-likeness (QED) is 0.690. The third-order valence-corrected chi connectivity index (χ3v) is 4.62. The third kappa shape index (κ3) is 5.61. The molecule has 1 saturated heterocycles. The number of morpholine rings is 1. The fraction of sp³-hybridized carbons (Fsp3) is 0.474.